The third-order valence-electron chi connectivity index (χ3n) is 7.32. The summed E-state index contributed by atoms with van der Waals surface area (Å²) in [4.78, 5) is 25.4. The quantitative estimate of drug-likeness (QED) is 0.336. The largest absolute Gasteiger partial charge is 0.493 e. The molecular weight excluding hydrogens is 500 g/mol. The molecule has 3 heterocycles. The van der Waals surface area contributed by atoms with Gasteiger partial charge >= 0.3 is 0 Å². The van der Waals surface area contributed by atoms with Gasteiger partial charge in [-0.15, -0.1) is 0 Å². The fourth-order valence-corrected chi connectivity index (χ4v) is 5.15. The molecule has 0 atom stereocenters. The van der Waals surface area contributed by atoms with Gasteiger partial charge in [-0.05, 0) is 80.3 Å². The highest BCUT2D eigenvalue weighted by Crippen LogP contribution is 2.27. The van der Waals surface area contributed by atoms with Gasteiger partial charge in [-0.3, -0.25) is 9.69 Å². The first-order valence-electron chi connectivity index (χ1n) is 14.0. The summed E-state index contributed by atoms with van der Waals surface area (Å²) >= 11 is 0. The van der Waals surface area contributed by atoms with Crippen LogP contribution in [0.4, 0.5) is 17.3 Å². The molecule has 0 radical (unpaired) electrons. The van der Waals surface area contributed by atoms with Crippen LogP contribution in [-0.4, -0.2) is 65.5 Å². The molecule has 0 saturated carbocycles. The van der Waals surface area contributed by atoms with Gasteiger partial charge in [-0.1, -0.05) is 30.9 Å². The van der Waals surface area contributed by atoms with Crippen LogP contribution in [0.1, 0.15) is 24.8 Å². The number of anilines is 3. The van der Waals surface area contributed by atoms with Crippen LogP contribution in [0.25, 0.3) is 11.3 Å². The van der Waals surface area contributed by atoms with Crippen molar-refractivity contribution in [2.75, 3.05) is 50.5 Å². The Labute approximate surface area is 236 Å². The molecule has 1 aromatic heterocycles. The first-order chi connectivity index (χ1) is 19.6. The second-order valence-corrected chi connectivity index (χ2v) is 10.5. The number of piperidine rings is 1. The zero-order chi connectivity index (χ0) is 27.7. The van der Waals surface area contributed by atoms with Gasteiger partial charge in [-0.25, -0.2) is 9.97 Å². The number of hydrogen-bond acceptors (Lipinski definition) is 7. The van der Waals surface area contributed by atoms with Crippen molar-refractivity contribution in [1.82, 2.24) is 19.8 Å². The molecule has 8 nitrogen and oxygen atoms in total. The highest BCUT2D eigenvalue weighted by Gasteiger charge is 2.21. The molecule has 1 fully saturated rings. The Hall–Kier alpha value is -4.17. The molecule has 1 amide bonds. The minimum atomic E-state index is 0.0262. The van der Waals surface area contributed by atoms with Crippen molar-refractivity contribution in [3.05, 3.63) is 85.1 Å². The summed E-state index contributed by atoms with van der Waals surface area (Å²) in [6, 6.07) is 16.4. The summed E-state index contributed by atoms with van der Waals surface area (Å²) in [5.41, 5.74) is 5.01. The molecule has 0 aliphatic carbocycles. The molecule has 8 heteroatoms. The molecule has 6 bridgehead atoms. The van der Waals surface area contributed by atoms with Gasteiger partial charge in [0.15, 0.2) is 0 Å². The minimum absolute atomic E-state index is 0.0262. The van der Waals surface area contributed by atoms with E-state index in [1.165, 1.54) is 11.6 Å². The molecule has 2 aliphatic heterocycles. The van der Waals surface area contributed by atoms with Crippen molar-refractivity contribution < 1.29 is 9.53 Å². The summed E-state index contributed by atoms with van der Waals surface area (Å²) in [5, 5.41) is 7.10. The van der Waals surface area contributed by atoms with Crippen molar-refractivity contribution in [2.45, 2.75) is 25.8 Å². The molecule has 2 aromatic carbocycles. The average molecular weight is 539 g/mol. The number of nitrogens with zero attached hydrogens (tertiary/aromatic N) is 4. The SMILES string of the molecule is C=CC(=O)N1CCC(CNc2cc3cc(c2)Nc2nccc(n2)-c2cccc(c2)OCC/C=C/CN(C)C3)CC1. The van der Waals surface area contributed by atoms with E-state index in [0.717, 1.165) is 80.4 Å². The second-order valence-electron chi connectivity index (χ2n) is 10.5. The molecule has 3 aromatic rings. The van der Waals surface area contributed by atoms with Crippen LogP contribution < -0.4 is 15.4 Å². The topological polar surface area (TPSA) is 82.6 Å². The number of ether oxygens (including phenoxy) is 1. The number of likely N-dealkylation sites (N-methyl/N-ethyl adjacent to an activating group) is 1. The lowest BCUT2D eigenvalue weighted by atomic mass is 9.96. The number of carbonyl (C=O) groups excluding carboxylic acids is 1. The fourth-order valence-electron chi connectivity index (χ4n) is 5.15. The van der Waals surface area contributed by atoms with Crippen LogP contribution in [0.2, 0.25) is 0 Å². The minimum Gasteiger partial charge on any atom is -0.493 e. The zero-order valence-corrected chi connectivity index (χ0v) is 23.2. The predicted molar refractivity (Wildman–Crippen MR) is 161 cm³/mol. The Morgan fingerprint density at radius 3 is 2.90 bits per heavy atom. The van der Waals surface area contributed by atoms with Gasteiger partial charge in [0, 0.05) is 55.9 Å². The lowest BCUT2D eigenvalue weighted by Gasteiger charge is -2.31. The van der Waals surface area contributed by atoms with E-state index in [-0.39, 0.29) is 5.91 Å². The number of hydrogen-bond donors (Lipinski definition) is 2. The Bertz CT molecular complexity index is 1350. The fraction of sp³-hybridized carbons (Fsp3) is 0.344. The number of aromatic nitrogens is 2. The van der Waals surface area contributed by atoms with Gasteiger partial charge in [0.1, 0.15) is 5.75 Å². The smallest absolute Gasteiger partial charge is 0.245 e. The molecule has 208 valence electrons. The van der Waals surface area contributed by atoms with Crippen LogP contribution in [0, 0.1) is 5.92 Å². The van der Waals surface area contributed by atoms with Crippen LogP contribution in [0.15, 0.2) is 79.5 Å². The normalized spacial score (nSPS) is 17.5. The lowest BCUT2D eigenvalue weighted by Crippen LogP contribution is -2.39. The van der Waals surface area contributed by atoms with Crippen LogP contribution in [0.3, 0.4) is 0 Å². The number of fused-ring (bicyclic) bond motifs is 7. The van der Waals surface area contributed by atoms with E-state index in [4.69, 9.17) is 9.72 Å². The maximum absolute atomic E-state index is 11.9. The third kappa shape index (κ3) is 7.48. The van der Waals surface area contributed by atoms with Crippen molar-refractivity contribution >= 4 is 23.2 Å². The van der Waals surface area contributed by atoms with Crippen LogP contribution in [-0.2, 0) is 11.3 Å². The molecule has 0 spiro atoms. The van der Waals surface area contributed by atoms with E-state index in [1.807, 2.05) is 35.2 Å². The molecule has 5 rings (SSSR count). The van der Waals surface area contributed by atoms with Crippen LogP contribution in [0.5, 0.6) is 5.75 Å². The highest BCUT2D eigenvalue weighted by atomic mass is 16.5. The van der Waals surface area contributed by atoms with Gasteiger partial charge in [0.2, 0.25) is 11.9 Å². The summed E-state index contributed by atoms with van der Waals surface area (Å²) in [5.74, 6) is 1.92. The van der Waals surface area contributed by atoms with Crippen molar-refractivity contribution in [2.24, 2.45) is 5.92 Å². The lowest BCUT2D eigenvalue weighted by molar-refractivity contribution is -0.127. The monoisotopic (exact) mass is 538 g/mol. The predicted octanol–water partition coefficient (Wildman–Crippen LogP) is 5.49. The molecule has 2 aliphatic rings. The van der Waals surface area contributed by atoms with E-state index in [1.54, 1.807) is 6.20 Å². The van der Waals surface area contributed by atoms with Crippen molar-refractivity contribution in [1.29, 1.82) is 0 Å². The number of benzene rings is 2. The summed E-state index contributed by atoms with van der Waals surface area (Å²) in [6.07, 6.45) is 10.4. The van der Waals surface area contributed by atoms with Crippen molar-refractivity contribution in [3.8, 4) is 17.0 Å². The number of nitrogens with one attached hydrogen (secondary N) is 2. The van der Waals surface area contributed by atoms with E-state index < -0.39 is 0 Å². The van der Waals surface area contributed by atoms with Gasteiger partial charge in [0.25, 0.3) is 0 Å². The Kier molecular flexibility index (Phi) is 9.08. The average Bonchev–Trinajstić information content (AvgIpc) is 2.97. The first kappa shape index (κ1) is 27.4. The highest BCUT2D eigenvalue weighted by molar-refractivity contribution is 5.87. The number of rotatable bonds is 4. The van der Waals surface area contributed by atoms with Crippen LogP contribution >= 0.6 is 0 Å². The second kappa shape index (κ2) is 13.3. The Morgan fingerprint density at radius 1 is 1.18 bits per heavy atom. The van der Waals surface area contributed by atoms with Crippen molar-refractivity contribution in [3.63, 3.8) is 0 Å². The maximum atomic E-state index is 11.9. The summed E-state index contributed by atoms with van der Waals surface area (Å²) < 4.78 is 5.97. The molecule has 1 saturated heterocycles. The standard InChI is InChI=1S/C32H38N6O2/c1-3-31(39)38-15-11-24(12-16-38)22-34-27-18-25-19-28(21-27)35-32-33-13-10-30(36-32)26-8-7-9-29(20-26)40-17-6-4-5-14-37(2)23-25/h3-5,7-10,13,18-21,24,34H,1,6,11-12,14-17,22-23H2,2H3,(H,33,35,36)/b5-4+. The number of likely N-dealkylation sites (tertiary alicyclic amines) is 1. The van der Waals surface area contributed by atoms with E-state index in [2.05, 4.69) is 64.5 Å². The Morgan fingerprint density at radius 2 is 2.05 bits per heavy atom. The maximum Gasteiger partial charge on any atom is 0.245 e. The first-order valence-corrected chi connectivity index (χ1v) is 14.0. The van der Waals surface area contributed by atoms with E-state index >= 15 is 0 Å². The van der Waals surface area contributed by atoms with E-state index in [9.17, 15) is 4.79 Å². The molecular formula is C32H38N6O2. The molecule has 0 unspecified atom stereocenters. The zero-order valence-electron chi connectivity index (χ0n) is 23.2. The summed E-state index contributed by atoms with van der Waals surface area (Å²) in [7, 11) is 2.13. The van der Waals surface area contributed by atoms with Gasteiger partial charge in [0.05, 0.1) is 12.3 Å². The number of amides is 1. The van der Waals surface area contributed by atoms with E-state index in [0.29, 0.717) is 18.5 Å². The van der Waals surface area contributed by atoms with Gasteiger partial charge < -0.3 is 20.3 Å². The Balaban J connectivity index is 1.36. The van der Waals surface area contributed by atoms with Gasteiger partial charge in [-0.2, -0.15) is 0 Å². The third-order valence-corrected chi connectivity index (χ3v) is 7.32. The number of carbonyl (C=O) groups is 1. The molecule has 40 heavy (non-hydrogen) atoms. The summed E-state index contributed by atoms with van der Waals surface area (Å²) in [6.45, 7) is 8.32. The molecule has 2 N–H and O–H groups in total.